The van der Waals surface area contributed by atoms with Gasteiger partial charge in [0.25, 0.3) is 5.91 Å². The van der Waals surface area contributed by atoms with E-state index in [0.29, 0.717) is 0 Å². The van der Waals surface area contributed by atoms with Crippen molar-refractivity contribution in [1.29, 1.82) is 0 Å². The topological polar surface area (TPSA) is 38.8 Å². The van der Waals surface area contributed by atoms with Crippen LogP contribution in [0.3, 0.4) is 0 Å². The summed E-state index contributed by atoms with van der Waals surface area (Å²) in [6, 6.07) is 5.86. The van der Waals surface area contributed by atoms with Crippen molar-refractivity contribution in [2.24, 2.45) is 0 Å². The first-order chi connectivity index (χ1) is 7.56. The van der Waals surface area contributed by atoms with E-state index in [1.165, 1.54) is 7.11 Å². The minimum atomic E-state index is -0.217. The number of rotatable bonds is 4. The van der Waals surface area contributed by atoms with Crippen molar-refractivity contribution >= 4 is 5.91 Å². The first kappa shape index (κ1) is 12.5. The second kappa shape index (κ2) is 5.51. The number of benzene rings is 1. The predicted octanol–water partition coefficient (Wildman–Crippen LogP) is 1.70. The molecule has 0 fully saturated rings. The summed E-state index contributed by atoms with van der Waals surface area (Å²) >= 11 is 0. The van der Waals surface area contributed by atoms with E-state index in [9.17, 15) is 4.79 Å². The van der Waals surface area contributed by atoms with Crippen molar-refractivity contribution in [2.45, 2.75) is 13.8 Å². The third kappa shape index (κ3) is 2.97. The van der Waals surface area contributed by atoms with Gasteiger partial charge in [-0.25, -0.2) is 5.06 Å². The maximum Gasteiger partial charge on any atom is 0.283 e. The van der Waals surface area contributed by atoms with Crippen LogP contribution in [0.2, 0.25) is 0 Å². The Labute approximate surface area is 95.7 Å². The summed E-state index contributed by atoms with van der Waals surface area (Å²) in [5, 5.41) is 1.15. The second-order valence-electron chi connectivity index (χ2n) is 3.58. The molecular weight excluding hydrogens is 206 g/mol. The largest absolute Gasteiger partial charge is 0.483 e. The molecule has 0 spiro atoms. The lowest BCUT2D eigenvalue weighted by Gasteiger charge is -2.15. The number of likely N-dealkylation sites (N-methyl/N-ethyl adjacent to an activating group) is 1. The minimum absolute atomic E-state index is 0.0178. The Balaban J connectivity index is 2.65. The number of hydrogen-bond acceptors (Lipinski definition) is 3. The van der Waals surface area contributed by atoms with Gasteiger partial charge in [0.1, 0.15) is 5.75 Å². The van der Waals surface area contributed by atoms with Crippen LogP contribution < -0.4 is 4.74 Å². The van der Waals surface area contributed by atoms with Crippen LogP contribution in [0.15, 0.2) is 18.2 Å². The highest BCUT2D eigenvalue weighted by Crippen LogP contribution is 2.22. The highest BCUT2D eigenvalue weighted by molar-refractivity contribution is 5.76. The van der Waals surface area contributed by atoms with E-state index in [1.54, 1.807) is 7.05 Å². The van der Waals surface area contributed by atoms with Crippen LogP contribution in [0, 0.1) is 13.8 Å². The zero-order valence-electron chi connectivity index (χ0n) is 10.1. The lowest BCUT2D eigenvalue weighted by atomic mass is 10.1. The smallest absolute Gasteiger partial charge is 0.283 e. The van der Waals surface area contributed by atoms with Crippen LogP contribution >= 0.6 is 0 Å². The SMILES string of the molecule is CON(C)C(=O)COc1c(C)cccc1C. The molecule has 0 saturated heterocycles. The molecule has 0 heterocycles. The Morgan fingerprint density at radius 1 is 1.31 bits per heavy atom. The fraction of sp³-hybridized carbons (Fsp3) is 0.417. The Morgan fingerprint density at radius 3 is 2.38 bits per heavy atom. The molecule has 1 aromatic carbocycles. The molecule has 0 aliphatic heterocycles. The van der Waals surface area contributed by atoms with E-state index in [1.807, 2.05) is 32.0 Å². The Bertz CT molecular complexity index is 356. The number of carbonyl (C=O) groups is 1. The summed E-state index contributed by atoms with van der Waals surface area (Å²) in [5.74, 6) is 0.547. The van der Waals surface area contributed by atoms with E-state index in [2.05, 4.69) is 0 Å². The van der Waals surface area contributed by atoms with E-state index >= 15 is 0 Å². The van der Waals surface area contributed by atoms with Crippen LogP contribution in [-0.4, -0.2) is 31.7 Å². The number of amides is 1. The summed E-state index contributed by atoms with van der Waals surface area (Å²) in [6.45, 7) is 3.88. The summed E-state index contributed by atoms with van der Waals surface area (Å²) in [4.78, 5) is 16.2. The molecule has 4 nitrogen and oxygen atoms in total. The van der Waals surface area contributed by atoms with Crippen molar-refractivity contribution in [3.05, 3.63) is 29.3 Å². The van der Waals surface area contributed by atoms with Gasteiger partial charge in [0.15, 0.2) is 6.61 Å². The van der Waals surface area contributed by atoms with Gasteiger partial charge in [-0.3, -0.25) is 9.63 Å². The van der Waals surface area contributed by atoms with Gasteiger partial charge in [0.2, 0.25) is 0 Å². The highest BCUT2D eigenvalue weighted by Gasteiger charge is 2.10. The number of carbonyl (C=O) groups excluding carboxylic acids is 1. The molecule has 0 aromatic heterocycles. The van der Waals surface area contributed by atoms with Gasteiger partial charge in [-0.1, -0.05) is 18.2 Å². The fourth-order valence-electron chi connectivity index (χ4n) is 1.35. The van der Waals surface area contributed by atoms with Gasteiger partial charge in [0, 0.05) is 7.05 Å². The van der Waals surface area contributed by atoms with Gasteiger partial charge < -0.3 is 4.74 Å². The lowest BCUT2D eigenvalue weighted by Crippen LogP contribution is -2.30. The zero-order chi connectivity index (χ0) is 12.1. The van der Waals surface area contributed by atoms with Crippen molar-refractivity contribution < 1.29 is 14.4 Å². The molecule has 16 heavy (non-hydrogen) atoms. The molecule has 0 saturated carbocycles. The Hall–Kier alpha value is -1.55. The molecule has 0 atom stereocenters. The maximum atomic E-state index is 11.4. The number of para-hydroxylation sites is 1. The highest BCUT2D eigenvalue weighted by atomic mass is 16.7. The minimum Gasteiger partial charge on any atom is -0.483 e. The van der Waals surface area contributed by atoms with E-state index in [-0.39, 0.29) is 12.5 Å². The normalized spacial score (nSPS) is 10.0. The van der Waals surface area contributed by atoms with Gasteiger partial charge in [-0.05, 0) is 25.0 Å². The van der Waals surface area contributed by atoms with Crippen LogP contribution in [-0.2, 0) is 9.63 Å². The van der Waals surface area contributed by atoms with Crippen molar-refractivity contribution in [3.63, 3.8) is 0 Å². The van der Waals surface area contributed by atoms with Gasteiger partial charge in [-0.2, -0.15) is 0 Å². The first-order valence-electron chi connectivity index (χ1n) is 5.06. The molecule has 0 aliphatic rings. The molecule has 0 aliphatic carbocycles. The third-order valence-electron chi connectivity index (χ3n) is 2.37. The third-order valence-corrected chi connectivity index (χ3v) is 2.37. The van der Waals surface area contributed by atoms with Gasteiger partial charge >= 0.3 is 0 Å². The van der Waals surface area contributed by atoms with Crippen LogP contribution in [0.25, 0.3) is 0 Å². The second-order valence-corrected chi connectivity index (χ2v) is 3.58. The molecule has 88 valence electrons. The molecule has 0 N–H and O–H groups in total. The molecule has 0 bridgehead atoms. The summed E-state index contributed by atoms with van der Waals surface area (Å²) in [5.41, 5.74) is 2.04. The van der Waals surface area contributed by atoms with E-state index < -0.39 is 0 Å². The van der Waals surface area contributed by atoms with Crippen molar-refractivity contribution in [3.8, 4) is 5.75 Å². The molecule has 4 heteroatoms. The first-order valence-corrected chi connectivity index (χ1v) is 5.06. The lowest BCUT2D eigenvalue weighted by molar-refractivity contribution is -0.170. The van der Waals surface area contributed by atoms with Crippen molar-refractivity contribution in [2.75, 3.05) is 20.8 Å². The van der Waals surface area contributed by atoms with Gasteiger partial charge in [0.05, 0.1) is 7.11 Å². The van der Waals surface area contributed by atoms with E-state index in [0.717, 1.165) is 21.9 Å². The average Bonchev–Trinajstić information content (AvgIpc) is 2.27. The number of aryl methyl sites for hydroxylation is 2. The standard InChI is InChI=1S/C12H17NO3/c1-9-6-5-7-10(2)12(9)16-8-11(14)13(3)15-4/h5-7H,8H2,1-4H3. The maximum absolute atomic E-state index is 11.4. The van der Waals surface area contributed by atoms with Gasteiger partial charge in [-0.15, -0.1) is 0 Å². The number of hydrogen-bond donors (Lipinski definition) is 0. The molecule has 1 rings (SSSR count). The fourth-order valence-corrected chi connectivity index (χ4v) is 1.35. The summed E-state index contributed by atoms with van der Waals surface area (Å²) < 4.78 is 5.48. The quantitative estimate of drug-likeness (QED) is 0.729. The number of ether oxygens (including phenoxy) is 1. The van der Waals surface area contributed by atoms with Crippen molar-refractivity contribution in [1.82, 2.24) is 5.06 Å². The van der Waals surface area contributed by atoms with Crippen LogP contribution in [0.4, 0.5) is 0 Å². The predicted molar refractivity (Wildman–Crippen MR) is 61.2 cm³/mol. The molecule has 1 amide bonds. The van der Waals surface area contributed by atoms with Crippen LogP contribution in [0.5, 0.6) is 5.75 Å². The van der Waals surface area contributed by atoms with Crippen LogP contribution in [0.1, 0.15) is 11.1 Å². The Morgan fingerprint density at radius 2 is 1.88 bits per heavy atom. The number of nitrogens with zero attached hydrogens (tertiary/aromatic N) is 1. The number of hydroxylamine groups is 2. The molecule has 0 radical (unpaired) electrons. The molecule has 0 unspecified atom stereocenters. The summed E-state index contributed by atoms with van der Waals surface area (Å²) in [7, 11) is 2.99. The monoisotopic (exact) mass is 223 g/mol. The molecular formula is C12H17NO3. The molecule has 1 aromatic rings. The zero-order valence-corrected chi connectivity index (χ0v) is 10.1. The Kier molecular flexibility index (Phi) is 4.31. The summed E-state index contributed by atoms with van der Waals surface area (Å²) in [6.07, 6.45) is 0. The van der Waals surface area contributed by atoms with E-state index in [4.69, 9.17) is 9.57 Å². The average molecular weight is 223 g/mol.